The molecule has 144 valence electrons. The third kappa shape index (κ3) is 4.00. The molecule has 0 radical (unpaired) electrons. The van der Waals surface area contributed by atoms with E-state index >= 15 is 0 Å². The van der Waals surface area contributed by atoms with Crippen LogP contribution in [0.4, 0.5) is 0 Å². The smallest absolute Gasteiger partial charge is 0.291 e. The van der Waals surface area contributed by atoms with Gasteiger partial charge in [0.05, 0.1) is 17.6 Å². The molecule has 4 N–H and O–H groups in total. The van der Waals surface area contributed by atoms with Gasteiger partial charge in [0.2, 0.25) is 0 Å². The molecule has 1 amide bonds. The van der Waals surface area contributed by atoms with Crippen molar-refractivity contribution in [3.05, 3.63) is 39.6 Å². The van der Waals surface area contributed by atoms with E-state index < -0.39 is 5.56 Å². The maximum atomic E-state index is 12.3. The zero-order chi connectivity index (χ0) is 19.4. The van der Waals surface area contributed by atoms with Gasteiger partial charge in [-0.05, 0) is 31.0 Å². The Bertz CT molecular complexity index is 969. The first-order valence-corrected chi connectivity index (χ1v) is 9.22. The lowest BCUT2D eigenvalue weighted by Gasteiger charge is -2.24. The lowest BCUT2D eigenvalue weighted by Crippen LogP contribution is -2.42. The molecule has 8 heteroatoms. The second kappa shape index (κ2) is 8.30. The summed E-state index contributed by atoms with van der Waals surface area (Å²) in [5.74, 6) is 0.0206. The number of benzene rings is 1. The number of fused-ring (bicyclic) bond motifs is 1. The minimum Gasteiger partial charge on any atom is -0.383 e. The van der Waals surface area contributed by atoms with Crippen molar-refractivity contribution in [3.8, 4) is 0 Å². The number of nitrogens with zero attached hydrogens (tertiary/aromatic N) is 1. The van der Waals surface area contributed by atoms with Crippen LogP contribution in [0.2, 0.25) is 0 Å². The molecule has 1 aromatic heterocycles. The first-order chi connectivity index (χ1) is 13.0. The number of nitrogens with one attached hydrogen (secondary N) is 4. The molecule has 2 aromatic rings. The number of methoxy groups -OCH3 is 1. The number of carbonyl (C=O) groups excluding carboxylic acids is 1. The van der Waals surface area contributed by atoms with Crippen molar-refractivity contribution >= 4 is 22.8 Å². The Morgan fingerprint density at radius 3 is 2.78 bits per heavy atom. The Morgan fingerprint density at radius 2 is 2.07 bits per heavy atom. The molecular weight excluding hydrogens is 346 g/mol. The van der Waals surface area contributed by atoms with E-state index in [1.807, 2.05) is 0 Å². The highest BCUT2D eigenvalue weighted by Gasteiger charge is 2.22. The number of carbonyl (C=O) groups is 1. The Balaban J connectivity index is 2.04. The van der Waals surface area contributed by atoms with E-state index in [2.05, 4.69) is 10.3 Å². The summed E-state index contributed by atoms with van der Waals surface area (Å²) in [7, 11) is 1.56. The van der Waals surface area contributed by atoms with Crippen LogP contribution in [0.25, 0.3) is 11.0 Å². The summed E-state index contributed by atoms with van der Waals surface area (Å²) in [6.07, 6.45) is 5.03. The van der Waals surface area contributed by atoms with Crippen LogP contribution < -0.4 is 16.4 Å². The molecule has 1 aliphatic rings. The molecule has 0 saturated heterocycles. The van der Waals surface area contributed by atoms with Crippen molar-refractivity contribution in [2.24, 2.45) is 5.92 Å². The first kappa shape index (κ1) is 19.0. The molecule has 1 aromatic carbocycles. The molecule has 3 rings (SSSR count). The summed E-state index contributed by atoms with van der Waals surface area (Å²) in [6.45, 7) is 0.802. The number of amides is 1. The molecule has 0 aliphatic heterocycles. The van der Waals surface area contributed by atoms with Crippen molar-refractivity contribution in [2.45, 2.75) is 32.1 Å². The molecule has 1 saturated carbocycles. The summed E-state index contributed by atoms with van der Waals surface area (Å²) in [5.41, 5.74) is 0.588. The number of rotatable bonds is 5. The fraction of sp³-hybridized carbons (Fsp3) is 0.474. The Kier molecular flexibility index (Phi) is 5.85. The van der Waals surface area contributed by atoms with Crippen molar-refractivity contribution in [2.75, 3.05) is 20.3 Å². The van der Waals surface area contributed by atoms with Gasteiger partial charge in [0.1, 0.15) is 5.84 Å². The van der Waals surface area contributed by atoms with Gasteiger partial charge < -0.3 is 15.0 Å². The molecular formula is C19H25N5O3. The zero-order valence-electron chi connectivity index (χ0n) is 15.4. The van der Waals surface area contributed by atoms with E-state index in [-0.39, 0.29) is 23.1 Å². The second-order valence-corrected chi connectivity index (χ2v) is 6.84. The number of H-pyrrole nitrogens is 1. The number of ether oxygens (including phenoxy) is 1. The molecule has 1 heterocycles. The maximum Gasteiger partial charge on any atom is 0.291 e. The Hall–Kier alpha value is -2.74. The standard InChI is InChI=1S/C19H25N5O3/c1-27-10-9-22-18(25)13-7-8-14-15(11-13)24(17(21)19(26)23-14)16(20)12-5-3-2-4-6-12/h7-8,11-12,20-21H,2-6,9-10H2,1H3,(H,22,25)(H,23,26). The predicted molar refractivity (Wildman–Crippen MR) is 102 cm³/mol. The highest BCUT2D eigenvalue weighted by atomic mass is 16.5. The van der Waals surface area contributed by atoms with Gasteiger partial charge in [0.15, 0.2) is 5.49 Å². The fourth-order valence-electron chi connectivity index (χ4n) is 3.54. The van der Waals surface area contributed by atoms with Crippen molar-refractivity contribution in [3.63, 3.8) is 0 Å². The van der Waals surface area contributed by atoms with E-state index in [0.29, 0.717) is 29.7 Å². The molecule has 1 fully saturated rings. The van der Waals surface area contributed by atoms with E-state index in [4.69, 9.17) is 15.6 Å². The average Bonchev–Trinajstić information content (AvgIpc) is 2.69. The van der Waals surface area contributed by atoms with Crippen LogP contribution in [0.3, 0.4) is 0 Å². The van der Waals surface area contributed by atoms with Crippen LogP contribution in [0.1, 0.15) is 42.5 Å². The van der Waals surface area contributed by atoms with E-state index in [1.165, 1.54) is 4.57 Å². The summed E-state index contributed by atoms with van der Waals surface area (Å²) < 4.78 is 6.32. The number of hydrogen-bond donors (Lipinski definition) is 4. The van der Waals surface area contributed by atoms with Gasteiger partial charge in [-0.2, -0.15) is 0 Å². The van der Waals surface area contributed by atoms with Crippen molar-refractivity contribution in [1.29, 1.82) is 10.8 Å². The minimum absolute atomic E-state index is 0.0250. The lowest BCUT2D eigenvalue weighted by atomic mass is 9.88. The molecule has 0 spiro atoms. The largest absolute Gasteiger partial charge is 0.383 e. The van der Waals surface area contributed by atoms with Gasteiger partial charge in [0.25, 0.3) is 11.5 Å². The quantitative estimate of drug-likeness (QED) is 0.362. The van der Waals surface area contributed by atoms with E-state index in [1.54, 1.807) is 25.3 Å². The normalized spacial score (nSPS) is 15.0. The van der Waals surface area contributed by atoms with Crippen LogP contribution in [-0.4, -0.2) is 41.6 Å². The highest BCUT2D eigenvalue weighted by molar-refractivity contribution is 5.99. The first-order valence-electron chi connectivity index (χ1n) is 9.22. The number of aromatic nitrogens is 2. The third-order valence-corrected chi connectivity index (χ3v) is 5.01. The maximum absolute atomic E-state index is 12.3. The van der Waals surface area contributed by atoms with Gasteiger partial charge in [-0.15, -0.1) is 0 Å². The molecule has 8 nitrogen and oxygen atoms in total. The minimum atomic E-state index is -0.541. The third-order valence-electron chi connectivity index (χ3n) is 5.01. The predicted octanol–water partition coefficient (Wildman–Crippen LogP) is 1.59. The molecule has 1 aliphatic carbocycles. The Morgan fingerprint density at radius 1 is 1.33 bits per heavy atom. The van der Waals surface area contributed by atoms with Gasteiger partial charge in [0, 0.05) is 25.1 Å². The van der Waals surface area contributed by atoms with Crippen LogP contribution in [-0.2, 0) is 4.74 Å². The van der Waals surface area contributed by atoms with Crippen LogP contribution >= 0.6 is 0 Å². The van der Waals surface area contributed by atoms with Crippen LogP contribution in [0.5, 0.6) is 0 Å². The lowest BCUT2D eigenvalue weighted by molar-refractivity contribution is 0.0937. The molecule has 0 atom stereocenters. The van der Waals surface area contributed by atoms with E-state index in [0.717, 1.165) is 32.1 Å². The summed E-state index contributed by atoms with van der Waals surface area (Å²) in [6, 6.07) is 4.90. The summed E-state index contributed by atoms with van der Waals surface area (Å²) in [5, 5.41) is 19.6. The monoisotopic (exact) mass is 371 g/mol. The molecule has 0 unspecified atom stereocenters. The van der Waals surface area contributed by atoms with Crippen LogP contribution in [0.15, 0.2) is 23.0 Å². The fourth-order valence-corrected chi connectivity index (χ4v) is 3.54. The summed E-state index contributed by atoms with van der Waals surface area (Å²) >= 11 is 0. The van der Waals surface area contributed by atoms with Crippen LogP contribution in [0, 0.1) is 16.7 Å². The van der Waals surface area contributed by atoms with E-state index in [9.17, 15) is 9.59 Å². The van der Waals surface area contributed by atoms with Gasteiger partial charge in [-0.1, -0.05) is 19.3 Å². The molecule has 27 heavy (non-hydrogen) atoms. The van der Waals surface area contributed by atoms with Gasteiger partial charge in [-0.3, -0.25) is 25.0 Å². The molecule has 0 bridgehead atoms. The van der Waals surface area contributed by atoms with Gasteiger partial charge in [-0.25, -0.2) is 0 Å². The Labute approximate surface area is 156 Å². The number of hydrogen-bond acceptors (Lipinski definition) is 5. The average molecular weight is 371 g/mol. The van der Waals surface area contributed by atoms with Gasteiger partial charge >= 0.3 is 0 Å². The summed E-state index contributed by atoms with van der Waals surface area (Å²) in [4.78, 5) is 27.2. The topological polar surface area (TPSA) is 124 Å². The SMILES string of the molecule is COCCNC(=O)c1ccc2[nH]c(=O)c(=N)n(C(=N)C3CCCCC3)c2c1. The van der Waals surface area contributed by atoms with Crippen molar-refractivity contribution < 1.29 is 9.53 Å². The highest BCUT2D eigenvalue weighted by Crippen LogP contribution is 2.25. The zero-order valence-corrected chi connectivity index (χ0v) is 15.4. The second-order valence-electron chi connectivity index (χ2n) is 6.84. The number of aromatic amines is 1. The van der Waals surface area contributed by atoms with Crippen molar-refractivity contribution in [1.82, 2.24) is 14.9 Å².